The highest BCUT2D eigenvalue weighted by Gasteiger charge is 2.13. The lowest BCUT2D eigenvalue weighted by atomic mass is 10.1. The van der Waals surface area contributed by atoms with Gasteiger partial charge < -0.3 is 10.2 Å². The number of nitrogens with zero attached hydrogens (tertiary/aromatic N) is 2. The number of amides is 1. The van der Waals surface area contributed by atoms with Gasteiger partial charge in [-0.3, -0.25) is 9.59 Å². The molecule has 0 spiro atoms. The van der Waals surface area contributed by atoms with E-state index in [1.165, 1.54) is 19.8 Å². The van der Waals surface area contributed by atoms with Crippen molar-refractivity contribution in [2.75, 3.05) is 18.4 Å². The maximum atomic E-state index is 12.3. The Balaban J connectivity index is 2.09. The van der Waals surface area contributed by atoms with Crippen LogP contribution in [0.4, 0.5) is 5.69 Å². The molecule has 0 radical (unpaired) electrons. The van der Waals surface area contributed by atoms with Crippen LogP contribution in [0.3, 0.4) is 0 Å². The molecular formula is C18H21N3O2. The Labute approximate surface area is 136 Å². The monoisotopic (exact) mass is 311 g/mol. The van der Waals surface area contributed by atoms with Crippen LogP contribution in [0, 0.1) is 11.3 Å². The molecule has 1 heterocycles. The molecule has 0 atom stereocenters. The summed E-state index contributed by atoms with van der Waals surface area (Å²) in [5.74, 6) is -0.515. The second kappa shape index (κ2) is 8.14. The Kier molecular flexibility index (Phi) is 5.93. The Hall–Kier alpha value is -2.61. The highest BCUT2D eigenvalue weighted by Crippen LogP contribution is 2.14. The molecule has 1 aliphatic heterocycles. The Morgan fingerprint density at radius 1 is 1.22 bits per heavy atom. The van der Waals surface area contributed by atoms with E-state index in [0.717, 1.165) is 25.9 Å². The summed E-state index contributed by atoms with van der Waals surface area (Å²) in [6.07, 6.45) is 6.19. The lowest BCUT2D eigenvalue weighted by molar-refractivity contribution is -0.112. The number of anilines is 1. The zero-order valence-electron chi connectivity index (χ0n) is 13.3. The molecule has 1 aromatic carbocycles. The second-order valence-electron chi connectivity index (χ2n) is 5.70. The van der Waals surface area contributed by atoms with Crippen LogP contribution in [0.15, 0.2) is 36.0 Å². The molecule has 1 saturated heterocycles. The van der Waals surface area contributed by atoms with E-state index in [-0.39, 0.29) is 11.4 Å². The van der Waals surface area contributed by atoms with Gasteiger partial charge in [-0.15, -0.1) is 0 Å². The van der Waals surface area contributed by atoms with Crippen molar-refractivity contribution in [3.8, 4) is 6.07 Å². The summed E-state index contributed by atoms with van der Waals surface area (Å²) in [5, 5.41) is 11.9. The zero-order valence-corrected chi connectivity index (χ0v) is 13.3. The van der Waals surface area contributed by atoms with Crippen molar-refractivity contribution >= 4 is 17.4 Å². The van der Waals surface area contributed by atoms with Crippen LogP contribution in [-0.4, -0.2) is 29.7 Å². The maximum Gasteiger partial charge on any atom is 0.267 e. The number of carbonyl (C=O) groups is 2. The Morgan fingerprint density at radius 3 is 2.52 bits per heavy atom. The second-order valence-corrected chi connectivity index (χ2v) is 5.70. The SMILES string of the molecule is CC(=O)c1cccc(NC(=O)/C(C#N)=C\N2CCCCCC2)c1. The van der Waals surface area contributed by atoms with Crippen molar-refractivity contribution < 1.29 is 9.59 Å². The minimum absolute atomic E-state index is 0.0679. The van der Waals surface area contributed by atoms with E-state index in [4.69, 9.17) is 0 Å². The minimum atomic E-state index is -0.447. The van der Waals surface area contributed by atoms with E-state index in [0.29, 0.717) is 11.3 Å². The van der Waals surface area contributed by atoms with Gasteiger partial charge in [0.2, 0.25) is 0 Å². The molecule has 0 aliphatic carbocycles. The van der Waals surface area contributed by atoms with Gasteiger partial charge in [0, 0.05) is 30.5 Å². The first-order chi connectivity index (χ1) is 11.1. The number of hydrogen-bond acceptors (Lipinski definition) is 4. The highest BCUT2D eigenvalue weighted by molar-refractivity contribution is 6.07. The quantitative estimate of drug-likeness (QED) is 0.527. The van der Waals surface area contributed by atoms with Crippen molar-refractivity contribution in [1.82, 2.24) is 4.90 Å². The van der Waals surface area contributed by atoms with Gasteiger partial charge in [0.25, 0.3) is 5.91 Å². The van der Waals surface area contributed by atoms with E-state index in [1.807, 2.05) is 11.0 Å². The number of nitrogens with one attached hydrogen (secondary N) is 1. The molecule has 23 heavy (non-hydrogen) atoms. The number of nitriles is 1. The molecule has 1 N–H and O–H groups in total. The van der Waals surface area contributed by atoms with Crippen LogP contribution in [0.2, 0.25) is 0 Å². The number of benzene rings is 1. The van der Waals surface area contributed by atoms with Crippen LogP contribution in [-0.2, 0) is 4.79 Å². The number of hydrogen-bond donors (Lipinski definition) is 1. The number of Topliss-reactive ketones (excluding diaryl/α,β-unsaturated/α-hetero) is 1. The summed E-state index contributed by atoms with van der Waals surface area (Å²) in [6, 6.07) is 8.68. The molecule has 1 aromatic rings. The number of carbonyl (C=O) groups excluding carboxylic acids is 2. The van der Waals surface area contributed by atoms with Gasteiger partial charge >= 0.3 is 0 Å². The first kappa shape index (κ1) is 16.8. The standard InChI is InChI=1S/C18H21N3O2/c1-14(22)15-7-6-8-17(11-15)20-18(23)16(12-19)13-21-9-4-2-3-5-10-21/h6-8,11,13H,2-5,9-10H2,1H3,(H,20,23)/b16-13-. The molecular weight excluding hydrogens is 290 g/mol. The number of ketones is 1. The summed E-state index contributed by atoms with van der Waals surface area (Å²) in [4.78, 5) is 25.7. The average Bonchev–Trinajstić information content (AvgIpc) is 2.81. The van der Waals surface area contributed by atoms with Crippen LogP contribution in [0.1, 0.15) is 43.0 Å². The lowest BCUT2D eigenvalue weighted by Gasteiger charge is -2.17. The van der Waals surface area contributed by atoms with Gasteiger partial charge in [-0.1, -0.05) is 25.0 Å². The van der Waals surface area contributed by atoms with Crippen molar-refractivity contribution in [3.63, 3.8) is 0 Å². The lowest BCUT2D eigenvalue weighted by Crippen LogP contribution is -2.22. The van der Waals surface area contributed by atoms with E-state index in [9.17, 15) is 14.9 Å². The summed E-state index contributed by atoms with van der Waals surface area (Å²) in [7, 11) is 0. The fraction of sp³-hybridized carbons (Fsp3) is 0.389. The predicted octanol–water partition coefficient (Wildman–Crippen LogP) is 3.11. The zero-order chi connectivity index (χ0) is 16.7. The Bertz CT molecular complexity index is 650. The first-order valence-electron chi connectivity index (χ1n) is 7.88. The number of rotatable bonds is 4. The van der Waals surface area contributed by atoms with Crippen LogP contribution in [0.5, 0.6) is 0 Å². The normalized spacial score (nSPS) is 15.5. The van der Waals surface area contributed by atoms with Crippen molar-refractivity contribution in [3.05, 3.63) is 41.6 Å². The molecule has 1 fully saturated rings. The van der Waals surface area contributed by atoms with Crippen LogP contribution < -0.4 is 5.32 Å². The topological polar surface area (TPSA) is 73.2 Å². The van der Waals surface area contributed by atoms with Crippen molar-refractivity contribution in [1.29, 1.82) is 5.26 Å². The summed E-state index contributed by atoms with van der Waals surface area (Å²) >= 11 is 0. The van der Waals surface area contributed by atoms with E-state index in [1.54, 1.807) is 30.5 Å². The van der Waals surface area contributed by atoms with Gasteiger partial charge in [0.1, 0.15) is 11.6 Å². The highest BCUT2D eigenvalue weighted by atomic mass is 16.1. The first-order valence-corrected chi connectivity index (χ1v) is 7.88. The molecule has 1 aliphatic rings. The Morgan fingerprint density at radius 2 is 1.91 bits per heavy atom. The van der Waals surface area contributed by atoms with Gasteiger partial charge in [0.15, 0.2) is 5.78 Å². The molecule has 0 saturated carbocycles. The summed E-state index contributed by atoms with van der Waals surface area (Å²) in [6.45, 7) is 3.22. The molecule has 5 nitrogen and oxygen atoms in total. The fourth-order valence-corrected chi connectivity index (χ4v) is 2.56. The molecule has 5 heteroatoms. The third-order valence-electron chi connectivity index (χ3n) is 3.84. The third kappa shape index (κ3) is 4.96. The van der Waals surface area contributed by atoms with Crippen LogP contribution >= 0.6 is 0 Å². The molecule has 1 amide bonds. The summed E-state index contributed by atoms with van der Waals surface area (Å²) < 4.78 is 0. The smallest absolute Gasteiger partial charge is 0.267 e. The van der Waals surface area contributed by atoms with E-state index < -0.39 is 5.91 Å². The largest absolute Gasteiger partial charge is 0.376 e. The van der Waals surface area contributed by atoms with Gasteiger partial charge in [-0.05, 0) is 31.9 Å². The van der Waals surface area contributed by atoms with Crippen molar-refractivity contribution in [2.24, 2.45) is 0 Å². The number of likely N-dealkylation sites (tertiary alicyclic amines) is 1. The van der Waals surface area contributed by atoms with Gasteiger partial charge in [-0.2, -0.15) is 5.26 Å². The molecule has 120 valence electrons. The molecule has 0 unspecified atom stereocenters. The van der Waals surface area contributed by atoms with E-state index in [2.05, 4.69) is 5.32 Å². The van der Waals surface area contributed by atoms with Crippen molar-refractivity contribution in [2.45, 2.75) is 32.6 Å². The minimum Gasteiger partial charge on any atom is -0.376 e. The summed E-state index contributed by atoms with van der Waals surface area (Å²) in [5.41, 5.74) is 1.12. The predicted molar refractivity (Wildman–Crippen MR) is 88.8 cm³/mol. The average molecular weight is 311 g/mol. The van der Waals surface area contributed by atoms with Gasteiger partial charge in [0.05, 0.1) is 0 Å². The maximum absolute atomic E-state index is 12.3. The van der Waals surface area contributed by atoms with Gasteiger partial charge in [-0.25, -0.2) is 0 Å². The third-order valence-corrected chi connectivity index (χ3v) is 3.84. The van der Waals surface area contributed by atoms with E-state index >= 15 is 0 Å². The van der Waals surface area contributed by atoms with Crippen LogP contribution in [0.25, 0.3) is 0 Å². The fourth-order valence-electron chi connectivity index (χ4n) is 2.56. The molecule has 0 aromatic heterocycles. The molecule has 2 rings (SSSR count). The molecule has 0 bridgehead atoms.